The summed E-state index contributed by atoms with van der Waals surface area (Å²) in [4.78, 5) is 9.25. The molecule has 0 amide bonds. The number of hydrogen-bond donors (Lipinski definition) is 3. The monoisotopic (exact) mass is 289 g/mol. The van der Waals surface area contributed by atoms with Gasteiger partial charge in [0.05, 0.1) is 0 Å². The summed E-state index contributed by atoms with van der Waals surface area (Å²) in [5.41, 5.74) is 4.47. The Kier molecular flexibility index (Phi) is 3.17. The van der Waals surface area contributed by atoms with Crippen molar-refractivity contribution in [2.45, 2.75) is 53.4 Å². The van der Waals surface area contributed by atoms with E-state index < -0.39 is 0 Å². The summed E-state index contributed by atoms with van der Waals surface area (Å²) in [5.74, 6) is 9.37. The molecule has 5 heteroatoms. The van der Waals surface area contributed by atoms with Gasteiger partial charge in [-0.05, 0) is 36.5 Å². The van der Waals surface area contributed by atoms with Crippen molar-refractivity contribution >= 4 is 11.6 Å². The Bertz CT molecular complexity index is 546. The van der Waals surface area contributed by atoms with E-state index in [1.807, 2.05) is 6.92 Å². The first-order valence-electron chi connectivity index (χ1n) is 7.88. The van der Waals surface area contributed by atoms with Gasteiger partial charge in [0.1, 0.15) is 17.5 Å². The lowest BCUT2D eigenvalue weighted by Crippen LogP contribution is -2.16. The fourth-order valence-electron chi connectivity index (χ4n) is 3.41. The molecule has 0 aliphatic heterocycles. The van der Waals surface area contributed by atoms with E-state index in [2.05, 4.69) is 43.4 Å². The molecule has 3 rings (SSSR count). The van der Waals surface area contributed by atoms with Crippen LogP contribution in [0, 0.1) is 23.7 Å². The van der Waals surface area contributed by atoms with Gasteiger partial charge >= 0.3 is 0 Å². The number of hydrogen-bond acceptors (Lipinski definition) is 5. The molecule has 2 aliphatic carbocycles. The predicted molar refractivity (Wildman–Crippen MR) is 86.1 cm³/mol. The van der Waals surface area contributed by atoms with Gasteiger partial charge in [0, 0.05) is 18.0 Å². The molecule has 0 atom stereocenters. The van der Waals surface area contributed by atoms with Gasteiger partial charge in [-0.3, -0.25) is 0 Å². The van der Waals surface area contributed by atoms with Gasteiger partial charge in [-0.25, -0.2) is 15.8 Å². The minimum absolute atomic E-state index is 0.384. The van der Waals surface area contributed by atoms with Crippen LogP contribution in [0.15, 0.2) is 0 Å². The van der Waals surface area contributed by atoms with E-state index in [1.54, 1.807) is 0 Å². The van der Waals surface area contributed by atoms with Crippen LogP contribution in [0.1, 0.15) is 57.8 Å². The lowest BCUT2D eigenvalue weighted by molar-refractivity contribution is 0.457. The molecule has 116 valence electrons. The Morgan fingerprint density at radius 1 is 1.10 bits per heavy atom. The molecule has 2 aliphatic rings. The fourth-order valence-corrected chi connectivity index (χ4v) is 3.41. The van der Waals surface area contributed by atoms with Crippen LogP contribution in [0.5, 0.6) is 0 Å². The summed E-state index contributed by atoms with van der Waals surface area (Å²) in [7, 11) is 0. The van der Waals surface area contributed by atoms with Gasteiger partial charge in [0.25, 0.3) is 0 Å². The zero-order chi connectivity index (χ0) is 15.4. The van der Waals surface area contributed by atoms with E-state index in [9.17, 15) is 0 Å². The Hall–Kier alpha value is -1.36. The predicted octanol–water partition coefficient (Wildman–Crippen LogP) is 3.04. The van der Waals surface area contributed by atoms with Crippen LogP contribution < -0.4 is 16.6 Å². The van der Waals surface area contributed by atoms with Crippen LogP contribution >= 0.6 is 0 Å². The first-order chi connectivity index (χ1) is 9.79. The number of nitrogens with two attached hydrogens (primary N) is 1. The van der Waals surface area contributed by atoms with Crippen molar-refractivity contribution in [1.29, 1.82) is 0 Å². The highest BCUT2D eigenvalue weighted by atomic mass is 15.3. The summed E-state index contributed by atoms with van der Waals surface area (Å²) in [6.07, 6.45) is 2.38. The number of rotatable bonds is 5. The van der Waals surface area contributed by atoms with Crippen LogP contribution in [-0.4, -0.2) is 16.5 Å². The molecular weight excluding hydrogens is 262 g/mol. The molecule has 5 nitrogen and oxygen atoms in total. The molecule has 0 aromatic carbocycles. The Labute approximate surface area is 127 Å². The summed E-state index contributed by atoms with van der Waals surface area (Å²) in [6, 6.07) is 0. The number of nitrogens with one attached hydrogen (secondary N) is 2. The molecule has 0 bridgehead atoms. The highest BCUT2D eigenvalue weighted by molar-refractivity contribution is 5.57. The van der Waals surface area contributed by atoms with Crippen LogP contribution in [-0.2, 0) is 0 Å². The Balaban J connectivity index is 1.77. The molecule has 0 unspecified atom stereocenters. The van der Waals surface area contributed by atoms with Crippen molar-refractivity contribution in [2.75, 3.05) is 17.3 Å². The van der Waals surface area contributed by atoms with Crippen molar-refractivity contribution in [1.82, 2.24) is 9.97 Å². The van der Waals surface area contributed by atoms with E-state index in [0.717, 1.165) is 29.6 Å². The zero-order valence-corrected chi connectivity index (χ0v) is 13.7. The SMILES string of the molecule is Cc1c(NN)nc(C2CC2)nc1NCC1C(C)(C)C1(C)C. The lowest BCUT2D eigenvalue weighted by atomic mass is 10.0. The summed E-state index contributed by atoms with van der Waals surface area (Å²) >= 11 is 0. The van der Waals surface area contributed by atoms with Crippen molar-refractivity contribution in [3.05, 3.63) is 11.4 Å². The first-order valence-corrected chi connectivity index (χ1v) is 7.88. The van der Waals surface area contributed by atoms with Crippen molar-refractivity contribution in [2.24, 2.45) is 22.6 Å². The zero-order valence-electron chi connectivity index (χ0n) is 13.7. The molecule has 0 spiro atoms. The van der Waals surface area contributed by atoms with Crippen LogP contribution in [0.4, 0.5) is 11.6 Å². The van der Waals surface area contributed by atoms with Crippen LogP contribution in [0.2, 0.25) is 0 Å². The van der Waals surface area contributed by atoms with Crippen LogP contribution in [0.25, 0.3) is 0 Å². The van der Waals surface area contributed by atoms with E-state index >= 15 is 0 Å². The van der Waals surface area contributed by atoms with Crippen LogP contribution in [0.3, 0.4) is 0 Å². The molecule has 21 heavy (non-hydrogen) atoms. The maximum absolute atomic E-state index is 5.60. The van der Waals surface area contributed by atoms with Gasteiger partial charge in [0.2, 0.25) is 0 Å². The van der Waals surface area contributed by atoms with Gasteiger partial charge in [-0.15, -0.1) is 0 Å². The topological polar surface area (TPSA) is 75.9 Å². The average Bonchev–Trinajstić information content (AvgIpc) is 3.30. The second-order valence-electron chi connectivity index (χ2n) is 7.70. The van der Waals surface area contributed by atoms with Gasteiger partial charge < -0.3 is 10.7 Å². The maximum Gasteiger partial charge on any atom is 0.148 e. The lowest BCUT2D eigenvalue weighted by Gasteiger charge is -2.14. The Morgan fingerprint density at radius 3 is 2.14 bits per heavy atom. The van der Waals surface area contributed by atoms with Crippen molar-refractivity contribution in [3.63, 3.8) is 0 Å². The molecule has 1 aromatic rings. The van der Waals surface area contributed by atoms with Gasteiger partial charge in [-0.1, -0.05) is 27.7 Å². The standard InChI is InChI=1S/C16H27N5/c1-9-12(18-8-11-15(2,3)16(11,4)5)19-14(10-6-7-10)20-13(9)21-17/h10-11H,6-8,17H2,1-5H3,(H2,18,19,20,21). The smallest absolute Gasteiger partial charge is 0.148 e. The number of nitrogen functional groups attached to an aromatic ring is 1. The number of aromatic nitrogens is 2. The highest BCUT2D eigenvalue weighted by Gasteiger charge is 2.64. The van der Waals surface area contributed by atoms with E-state index in [1.165, 1.54) is 12.8 Å². The number of hydrazine groups is 1. The number of nitrogens with zero attached hydrogens (tertiary/aromatic N) is 2. The van der Waals surface area contributed by atoms with Crippen molar-refractivity contribution < 1.29 is 0 Å². The molecule has 4 N–H and O–H groups in total. The van der Waals surface area contributed by atoms with E-state index in [4.69, 9.17) is 10.8 Å². The minimum atomic E-state index is 0.384. The fraction of sp³-hybridized carbons (Fsp3) is 0.750. The largest absolute Gasteiger partial charge is 0.369 e. The summed E-state index contributed by atoms with van der Waals surface area (Å²) < 4.78 is 0. The number of anilines is 2. The maximum atomic E-state index is 5.60. The third-order valence-corrected chi connectivity index (χ3v) is 6.04. The first kappa shape index (κ1) is 14.6. The third kappa shape index (κ3) is 2.27. The molecule has 2 saturated carbocycles. The van der Waals surface area contributed by atoms with Gasteiger partial charge in [-0.2, -0.15) is 0 Å². The summed E-state index contributed by atoms with van der Waals surface area (Å²) in [6.45, 7) is 12.3. The third-order valence-electron chi connectivity index (χ3n) is 6.04. The summed E-state index contributed by atoms with van der Waals surface area (Å²) in [5, 5.41) is 3.54. The van der Waals surface area contributed by atoms with Gasteiger partial charge in [0.15, 0.2) is 0 Å². The highest BCUT2D eigenvalue weighted by Crippen LogP contribution is 2.68. The second-order valence-corrected chi connectivity index (χ2v) is 7.70. The molecule has 2 fully saturated rings. The molecule has 0 saturated heterocycles. The second kappa shape index (κ2) is 4.57. The minimum Gasteiger partial charge on any atom is -0.369 e. The average molecular weight is 289 g/mol. The van der Waals surface area contributed by atoms with Crippen molar-refractivity contribution in [3.8, 4) is 0 Å². The molecule has 0 radical (unpaired) electrons. The van der Waals surface area contributed by atoms with E-state index in [-0.39, 0.29) is 0 Å². The Morgan fingerprint density at radius 2 is 1.67 bits per heavy atom. The normalized spacial score (nSPS) is 23.0. The molecule has 1 heterocycles. The quantitative estimate of drug-likeness (QED) is 0.574. The molecular formula is C16H27N5. The molecule has 1 aromatic heterocycles. The van der Waals surface area contributed by atoms with E-state index in [0.29, 0.717) is 22.7 Å².